The van der Waals surface area contributed by atoms with Crippen molar-refractivity contribution in [2.24, 2.45) is 0 Å². The van der Waals surface area contributed by atoms with Crippen molar-refractivity contribution >= 4 is 17.7 Å². The molecule has 0 atom stereocenters. The zero-order valence-electron chi connectivity index (χ0n) is 11.5. The summed E-state index contributed by atoms with van der Waals surface area (Å²) >= 11 is 0. The van der Waals surface area contributed by atoms with Gasteiger partial charge in [-0.3, -0.25) is 9.59 Å². The van der Waals surface area contributed by atoms with E-state index in [1.807, 2.05) is 6.07 Å². The smallest absolute Gasteiger partial charge is 0.338 e. The lowest BCUT2D eigenvalue weighted by Gasteiger charge is -2.04. The van der Waals surface area contributed by atoms with Crippen LogP contribution in [-0.4, -0.2) is 30.9 Å². The molecule has 0 aliphatic heterocycles. The molecule has 108 valence electrons. The normalized spacial score (nSPS) is 9.85. The van der Waals surface area contributed by atoms with Crippen LogP contribution in [0, 0.1) is 0 Å². The van der Waals surface area contributed by atoms with E-state index in [0.29, 0.717) is 12.0 Å². The van der Waals surface area contributed by atoms with Gasteiger partial charge >= 0.3 is 11.9 Å². The summed E-state index contributed by atoms with van der Waals surface area (Å²) in [6.07, 6.45) is 0.373. The molecular weight excluding hydrogens is 260 g/mol. The Morgan fingerprint density at radius 2 is 1.75 bits per heavy atom. The highest BCUT2D eigenvalue weighted by atomic mass is 16.5. The minimum atomic E-state index is -0.515. The average molecular weight is 278 g/mol. The first-order chi connectivity index (χ1) is 9.63. The van der Waals surface area contributed by atoms with E-state index >= 15 is 0 Å². The monoisotopic (exact) mass is 278 g/mol. The summed E-state index contributed by atoms with van der Waals surface area (Å²) in [5.74, 6) is -1.14. The van der Waals surface area contributed by atoms with Gasteiger partial charge in [-0.15, -0.1) is 0 Å². The van der Waals surface area contributed by atoms with Crippen molar-refractivity contribution in [1.82, 2.24) is 0 Å². The van der Waals surface area contributed by atoms with E-state index in [0.717, 1.165) is 0 Å². The highest BCUT2D eigenvalue weighted by molar-refractivity contribution is 5.95. The van der Waals surface area contributed by atoms with Crippen molar-refractivity contribution in [2.45, 2.75) is 26.2 Å². The Morgan fingerprint density at radius 1 is 1.05 bits per heavy atom. The number of ketones is 1. The largest absolute Gasteiger partial charge is 0.466 e. The van der Waals surface area contributed by atoms with Crippen LogP contribution in [0.2, 0.25) is 0 Å². The van der Waals surface area contributed by atoms with E-state index in [1.54, 1.807) is 31.2 Å². The fourth-order valence-corrected chi connectivity index (χ4v) is 1.55. The van der Waals surface area contributed by atoms with Crippen molar-refractivity contribution < 1.29 is 23.9 Å². The first-order valence-electron chi connectivity index (χ1n) is 6.53. The molecule has 0 aliphatic carbocycles. The molecular formula is C15H18O5. The third-order valence-electron chi connectivity index (χ3n) is 2.49. The van der Waals surface area contributed by atoms with Gasteiger partial charge < -0.3 is 9.47 Å². The first kappa shape index (κ1) is 15.9. The van der Waals surface area contributed by atoms with Gasteiger partial charge in [-0.05, 0) is 25.5 Å². The molecule has 0 amide bonds. The van der Waals surface area contributed by atoms with Gasteiger partial charge in [0, 0.05) is 6.42 Å². The van der Waals surface area contributed by atoms with E-state index in [2.05, 4.69) is 4.74 Å². The molecule has 0 unspecified atom stereocenters. The third kappa shape index (κ3) is 6.13. The van der Waals surface area contributed by atoms with Crippen LogP contribution in [0.1, 0.15) is 36.5 Å². The fraction of sp³-hybridized carbons (Fsp3) is 0.400. The molecule has 5 nitrogen and oxygen atoms in total. The van der Waals surface area contributed by atoms with Crippen molar-refractivity contribution in [3.8, 4) is 0 Å². The number of hydrogen-bond acceptors (Lipinski definition) is 5. The van der Waals surface area contributed by atoms with Gasteiger partial charge in [-0.1, -0.05) is 18.2 Å². The number of Topliss-reactive ketones (excluding diaryl/α,β-unsaturated/α-hetero) is 1. The predicted octanol–water partition coefficient (Wildman–Crippen LogP) is 2.15. The Hall–Kier alpha value is -2.17. The van der Waals surface area contributed by atoms with Gasteiger partial charge in [0.15, 0.2) is 0 Å². The van der Waals surface area contributed by atoms with Crippen LogP contribution in [0.5, 0.6) is 0 Å². The van der Waals surface area contributed by atoms with Gasteiger partial charge in [-0.25, -0.2) is 4.79 Å². The Balaban J connectivity index is 2.17. The maximum absolute atomic E-state index is 11.6. The van der Waals surface area contributed by atoms with Gasteiger partial charge in [0.1, 0.15) is 12.2 Å². The molecule has 0 saturated carbocycles. The van der Waals surface area contributed by atoms with Crippen LogP contribution in [0.4, 0.5) is 0 Å². The number of carbonyl (C=O) groups is 3. The van der Waals surface area contributed by atoms with Gasteiger partial charge in [0.2, 0.25) is 0 Å². The van der Waals surface area contributed by atoms with Crippen LogP contribution in [0.15, 0.2) is 30.3 Å². The number of ether oxygens (including phenoxy) is 2. The lowest BCUT2D eigenvalue weighted by molar-refractivity contribution is -0.145. The Labute approximate surface area is 117 Å². The minimum absolute atomic E-state index is 0.155. The zero-order valence-corrected chi connectivity index (χ0v) is 11.5. The van der Waals surface area contributed by atoms with Crippen LogP contribution in [0.3, 0.4) is 0 Å². The van der Waals surface area contributed by atoms with Crippen LogP contribution < -0.4 is 0 Å². The highest BCUT2D eigenvalue weighted by Gasteiger charge is 2.11. The third-order valence-corrected chi connectivity index (χ3v) is 2.49. The van der Waals surface area contributed by atoms with Crippen molar-refractivity contribution in [3.05, 3.63) is 35.9 Å². The van der Waals surface area contributed by atoms with Crippen molar-refractivity contribution in [3.63, 3.8) is 0 Å². The highest BCUT2D eigenvalue weighted by Crippen LogP contribution is 2.03. The van der Waals surface area contributed by atoms with Crippen molar-refractivity contribution in [1.29, 1.82) is 0 Å². The number of carbonyl (C=O) groups excluding carboxylic acids is 3. The summed E-state index contributed by atoms with van der Waals surface area (Å²) < 4.78 is 9.69. The Morgan fingerprint density at radius 3 is 2.40 bits per heavy atom. The molecule has 1 aromatic rings. The summed E-state index contributed by atoms with van der Waals surface area (Å²) in [6, 6.07) is 8.63. The minimum Gasteiger partial charge on any atom is -0.466 e. The van der Waals surface area contributed by atoms with Crippen LogP contribution in [-0.2, 0) is 19.1 Å². The number of benzene rings is 1. The molecule has 0 heterocycles. The number of esters is 2. The molecule has 0 radical (unpaired) electrons. The fourth-order valence-electron chi connectivity index (χ4n) is 1.55. The number of rotatable bonds is 8. The van der Waals surface area contributed by atoms with Crippen LogP contribution >= 0.6 is 0 Å². The molecule has 0 N–H and O–H groups in total. The molecule has 20 heavy (non-hydrogen) atoms. The summed E-state index contributed by atoms with van der Waals surface area (Å²) in [4.78, 5) is 34.0. The molecule has 0 aromatic heterocycles. The Bertz CT molecular complexity index is 453. The Kier molecular flexibility index (Phi) is 7.03. The number of hydrogen-bond donors (Lipinski definition) is 0. The molecule has 1 aromatic carbocycles. The quantitative estimate of drug-likeness (QED) is 0.414. The zero-order chi connectivity index (χ0) is 14.8. The van der Waals surface area contributed by atoms with Crippen molar-refractivity contribution in [2.75, 3.05) is 13.2 Å². The summed E-state index contributed by atoms with van der Waals surface area (Å²) in [7, 11) is 0. The van der Waals surface area contributed by atoms with E-state index in [1.165, 1.54) is 0 Å². The molecule has 0 bridgehead atoms. The van der Waals surface area contributed by atoms with E-state index in [9.17, 15) is 14.4 Å². The lowest BCUT2D eigenvalue weighted by atomic mass is 10.2. The average Bonchev–Trinajstić information content (AvgIpc) is 2.44. The molecule has 5 heteroatoms. The predicted molar refractivity (Wildman–Crippen MR) is 72.2 cm³/mol. The SMILES string of the molecule is CCOC(=O)CC(=O)CCCOC(=O)c1ccccc1. The first-order valence-corrected chi connectivity index (χ1v) is 6.53. The summed E-state index contributed by atoms with van der Waals surface area (Å²) in [6.45, 7) is 2.11. The lowest BCUT2D eigenvalue weighted by Crippen LogP contribution is -2.12. The van der Waals surface area contributed by atoms with Crippen LogP contribution in [0.25, 0.3) is 0 Å². The second kappa shape index (κ2) is 8.85. The maximum atomic E-state index is 11.6. The van der Waals surface area contributed by atoms with E-state index in [-0.39, 0.29) is 31.8 Å². The summed E-state index contributed by atoms with van der Waals surface area (Å²) in [5.41, 5.74) is 0.477. The molecule has 0 aliphatic rings. The molecule has 0 saturated heterocycles. The van der Waals surface area contributed by atoms with E-state index < -0.39 is 11.9 Å². The molecule has 0 spiro atoms. The maximum Gasteiger partial charge on any atom is 0.338 e. The van der Waals surface area contributed by atoms with Gasteiger partial charge in [-0.2, -0.15) is 0 Å². The molecule has 0 fully saturated rings. The second-order valence-electron chi connectivity index (χ2n) is 4.13. The van der Waals surface area contributed by atoms with Gasteiger partial charge in [0.25, 0.3) is 0 Å². The molecule has 1 rings (SSSR count). The van der Waals surface area contributed by atoms with E-state index in [4.69, 9.17) is 4.74 Å². The van der Waals surface area contributed by atoms with Gasteiger partial charge in [0.05, 0.1) is 18.8 Å². The standard InChI is InChI=1S/C15H18O5/c1-2-19-14(17)11-13(16)9-6-10-20-15(18)12-7-4-3-5-8-12/h3-5,7-8H,2,6,9-11H2,1H3. The topological polar surface area (TPSA) is 69.7 Å². The second-order valence-corrected chi connectivity index (χ2v) is 4.13. The summed E-state index contributed by atoms with van der Waals surface area (Å²) in [5, 5.41) is 0.